The molecule has 1 aromatic carbocycles. The molecule has 0 saturated heterocycles. The maximum atomic E-state index is 12.6. The summed E-state index contributed by atoms with van der Waals surface area (Å²) >= 11 is 0. The Hall–Kier alpha value is -2.30. The van der Waals surface area contributed by atoms with Crippen LogP contribution in [0.3, 0.4) is 0 Å². The van der Waals surface area contributed by atoms with Crippen molar-refractivity contribution in [1.82, 2.24) is 10.3 Å². The summed E-state index contributed by atoms with van der Waals surface area (Å²) in [4.78, 5) is 14.4. The molecule has 2 aromatic rings. The minimum Gasteiger partial charge on any atom is -0.397 e. The van der Waals surface area contributed by atoms with Crippen LogP contribution in [-0.2, 0) is 6.54 Å². The van der Waals surface area contributed by atoms with Crippen molar-refractivity contribution in [1.29, 1.82) is 0 Å². The summed E-state index contributed by atoms with van der Waals surface area (Å²) in [5.41, 5.74) is 7.24. The van der Waals surface area contributed by atoms with Gasteiger partial charge in [0.25, 0.3) is 5.91 Å². The Morgan fingerprint density at radius 3 is 2.65 bits per heavy atom. The van der Waals surface area contributed by atoms with E-state index in [9.17, 15) is 9.18 Å². The number of carbonyl (C=O) groups is 1. The van der Waals surface area contributed by atoms with Gasteiger partial charge in [-0.05, 0) is 23.8 Å². The van der Waals surface area contributed by atoms with Crippen molar-refractivity contribution in [3.8, 4) is 0 Å². The number of hydrogen-bond donors (Lipinski definition) is 3. The first-order chi connectivity index (χ1) is 8.15. The van der Waals surface area contributed by atoms with Gasteiger partial charge in [-0.15, -0.1) is 0 Å². The molecule has 0 aliphatic carbocycles. The number of aromatic nitrogens is 1. The minimum absolute atomic E-state index is 0.244. The molecule has 17 heavy (non-hydrogen) atoms. The number of halogens is 1. The molecule has 0 fully saturated rings. The van der Waals surface area contributed by atoms with E-state index in [1.54, 1.807) is 24.4 Å². The average Bonchev–Trinajstić information content (AvgIpc) is 2.75. The van der Waals surface area contributed by atoms with Crippen LogP contribution in [0.1, 0.15) is 16.1 Å². The molecule has 88 valence electrons. The van der Waals surface area contributed by atoms with Crippen LogP contribution >= 0.6 is 0 Å². The van der Waals surface area contributed by atoms with Gasteiger partial charge in [0, 0.05) is 18.4 Å². The number of aromatic amines is 1. The zero-order valence-corrected chi connectivity index (χ0v) is 9.03. The third-order valence-corrected chi connectivity index (χ3v) is 2.32. The summed E-state index contributed by atoms with van der Waals surface area (Å²) in [6.45, 7) is 0.345. The molecule has 4 nitrogen and oxygen atoms in total. The second kappa shape index (κ2) is 4.69. The number of H-pyrrole nitrogens is 1. The highest BCUT2D eigenvalue weighted by molar-refractivity contribution is 5.93. The van der Waals surface area contributed by atoms with Crippen molar-refractivity contribution in [2.45, 2.75) is 6.54 Å². The third-order valence-electron chi connectivity index (χ3n) is 2.32. The van der Waals surface area contributed by atoms with E-state index >= 15 is 0 Å². The van der Waals surface area contributed by atoms with Gasteiger partial charge in [-0.3, -0.25) is 4.79 Å². The van der Waals surface area contributed by atoms with E-state index < -0.39 is 0 Å². The summed E-state index contributed by atoms with van der Waals surface area (Å²) < 4.78 is 12.6. The molecule has 0 saturated carbocycles. The fourth-order valence-corrected chi connectivity index (χ4v) is 1.42. The van der Waals surface area contributed by atoms with E-state index in [4.69, 9.17) is 5.73 Å². The first-order valence-corrected chi connectivity index (χ1v) is 5.11. The van der Waals surface area contributed by atoms with E-state index in [-0.39, 0.29) is 11.7 Å². The summed E-state index contributed by atoms with van der Waals surface area (Å²) in [6, 6.07) is 7.51. The number of anilines is 1. The van der Waals surface area contributed by atoms with Crippen LogP contribution in [0.25, 0.3) is 0 Å². The number of amides is 1. The van der Waals surface area contributed by atoms with Gasteiger partial charge in [-0.1, -0.05) is 12.1 Å². The lowest BCUT2D eigenvalue weighted by Gasteiger charge is -2.03. The Labute approximate surface area is 97.6 Å². The van der Waals surface area contributed by atoms with Crippen molar-refractivity contribution in [2.24, 2.45) is 0 Å². The van der Waals surface area contributed by atoms with Crippen LogP contribution in [-0.4, -0.2) is 10.9 Å². The first-order valence-electron chi connectivity index (χ1n) is 5.11. The van der Waals surface area contributed by atoms with Crippen LogP contribution in [0.5, 0.6) is 0 Å². The molecular weight excluding hydrogens is 221 g/mol. The predicted molar refractivity (Wildman–Crippen MR) is 62.8 cm³/mol. The standard InChI is InChI=1S/C12H12FN3O/c13-9-3-1-8(2-4-9)6-16-12(17)11-5-10(14)7-15-11/h1-5,7,15H,6,14H2,(H,16,17). The van der Waals surface area contributed by atoms with Crippen molar-refractivity contribution in [3.05, 3.63) is 53.6 Å². The number of nitrogen functional groups attached to an aromatic ring is 1. The molecule has 0 bridgehead atoms. The maximum Gasteiger partial charge on any atom is 0.268 e. The molecule has 2 rings (SSSR count). The fraction of sp³-hybridized carbons (Fsp3) is 0.0833. The highest BCUT2D eigenvalue weighted by atomic mass is 19.1. The van der Waals surface area contributed by atoms with E-state index in [1.165, 1.54) is 12.1 Å². The summed E-state index contributed by atoms with van der Waals surface area (Å²) in [6.07, 6.45) is 1.55. The van der Waals surface area contributed by atoms with Crippen molar-refractivity contribution < 1.29 is 9.18 Å². The van der Waals surface area contributed by atoms with Crippen LogP contribution in [0.15, 0.2) is 36.5 Å². The minimum atomic E-state index is -0.294. The number of benzene rings is 1. The van der Waals surface area contributed by atoms with Gasteiger partial charge in [0.2, 0.25) is 0 Å². The number of nitrogens with one attached hydrogen (secondary N) is 2. The molecular formula is C12H12FN3O. The average molecular weight is 233 g/mol. The highest BCUT2D eigenvalue weighted by Crippen LogP contribution is 2.05. The number of carbonyl (C=O) groups excluding carboxylic acids is 1. The Bertz CT molecular complexity index is 519. The molecule has 4 N–H and O–H groups in total. The Kier molecular flexibility index (Phi) is 3.09. The van der Waals surface area contributed by atoms with Gasteiger partial charge in [-0.2, -0.15) is 0 Å². The van der Waals surface area contributed by atoms with Crippen LogP contribution in [0.2, 0.25) is 0 Å². The maximum absolute atomic E-state index is 12.6. The van der Waals surface area contributed by atoms with E-state index in [1.807, 2.05) is 0 Å². The SMILES string of the molecule is Nc1c[nH]c(C(=O)NCc2ccc(F)cc2)c1. The molecule has 1 amide bonds. The lowest BCUT2D eigenvalue weighted by Crippen LogP contribution is -2.23. The first kappa shape index (κ1) is 11.2. The van der Waals surface area contributed by atoms with Gasteiger partial charge in [0.1, 0.15) is 11.5 Å². The zero-order chi connectivity index (χ0) is 12.3. The molecule has 1 heterocycles. The van der Waals surface area contributed by atoms with Gasteiger partial charge >= 0.3 is 0 Å². The zero-order valence-electron chi connectivity index (χ0n) is 9.03. The Morgan fingerprint density at radius 1 is 1.35 bits per heavy atom. The van der Waals surface area contributed by atoms with Crippen molar-refractivity contribution in [2.75, 3.05) is 5.73 Å². The lowest BCUT2D eigenvalue weighted by molar-refractivity contribution is 0.0946. The van der Waals surface area contributed by atoms with Gasteiger partial charge in [0.05, 0.1) is 0 Å². The van der Waals surface area contributed by atoms with Crippen molar-refractivity contribution in [3.63, 3.8) is 0 Å². The highest BCUT2D eigenvalue weighted by Gasteiger charge is 2.06. The second-order valence-electron chi connectivity index (χ2n) is 3.66. The largest absolute Gasteiger partial charge is 0.397 e. The topological polar surface area (TPSA) is 70.9 Å². The number of rotatable bonds is 3. The van der Waals surface area contributed by atoms with Crippen LogP contribution < -0.4 is 11.1 Å². The molecule has 0 radical (unpaired) electrons. The molecule has 0 aliphatic heterocycles. The van der Waals surface area contributed by atoms with Gasteiger partial charge in [0.15, 0.2) is 0 Å². The summed E-state index contributed by atoms with van der Waals surface area (Å²) in [7, 11) is 0. The Morgan fingerprint density at radius 2 is 2.06 bits per heavy atom. The normalized spacial score (nSPS) is 10.2. The monoisotopic (exact) mass is 233 g/mol. The quantitative estimate of drug-likeness (QED) is 0.754. The van der Waals surface area contributed by atoms with Crippen LogP contribution in [0, 0.1) is 5.82 Å². The molecule has 0 atom stereocenters. The van der Waals surface area contributed by atoms with E-state index in [0.717, 1.165) is 5.56 Å². The molecule has 0 aliphatic rings. The fourth-order valence-electron chi connectivity index (χ4n) is 1.42. The molecule has 0 unspecified atom stereocenters. The molecule has 0 spiro atoms. The van der Waals surface area contributed by atoms with Crippen molar-refractivity contribution >= 4 is 11.6 Å². The lowest BCUT2D eigenvalue weighted by atomic mass is 10.2. The van der Waals surface area contributed by atoms with Gasteiger partial charge < -0.3 is 16.0 Å². The smallest absolute Gasteiger partial charge is 0.268 e. The van der Waals surface area contributed by atoms with E-state index in [0.29, 0.717) is 17.9 Å². The number of nitrogens with two attached hydrogens (primary N) is 1. The number of hydrogen-bond acceptors (Lipinski definition) is 2. The molecule has 1 aromatic heterocycles. The second-order valence-corrected chi connectivity index (χ2v) is 3.66. The summed E-state index contributed by atoms with van der Waals surface area (Å²) in [5, 5.41) is 2.70. The summed E-state index contributed by atoms with van der Waals surface area (Å²) in [5.74, 6) is -0.539. The van der Waals surface area contributed by atoms with Crippen LogP contribution in [0.4, 0.5) is 10.1 Å². The van der Waals surface area contributed by atoms with E-state index in [2.05, 4.69) is 10.3 Å². The van der Waals surface area contributed by atoms with Gasteiger partial charge in [-0.25, -0.2) is 4.39 Å². The third kappa shape index (κ3) is 2.84. The molecule has 5 heteroatoms. The predicted octanol–water partition coefficient (Wildman–Crippen LogP) is 1.67. The Balaban J connectivity index is 1.94.